The molecule has 0 amide bonds. The summed E-state index contributed by atoms with van der Waals surface area (Å²) in [6, 6.07) is 0. The fourth-order valence-electron chi connectivity index (χ4n) is 5.16. The molecule has 0 saturated heterocycles. The fourth-order valence-corrected chi connectivity index (χ4v) is 5.16. The van der Waals surface area contributed by atoms with Gasteiger partial charge in [-0.15, -0.1) is 10.2 Å². The van der Waals surface area contributed by atoms with Gasteiger partial charge in [-0.25, -0.2) is 10.2 Å². The summed E-state index contributed by atoms with van der Waals surface area (Å²) in [5, 5.41) is 29.8. The van der Waals surface area contributed by atoms with E-state index in [-0.39, 0.29) is 10.8 Å². The number of nitrogens with zero attached hydrogens (tertiary/aromatic N) is 6. The van der Waals surface area contributed by atoms with Gasteiger partial charge in [-0.05, 0) is 65.8 Å². The first-order valence-electron chi connectivity index (χ1n) is 13.7. The van der Waals surface area contributed by atoms with Crippen LogP contribution in [0.15, 0.2) is 0 Å². The Labute approximate surface area is 206 Å². The number of aromatic amines is 2. The molecule has 0 aliphatic heterocycles. The van der Waals surface area contributed by atoms with E-state index >= 15 is 0 Å². The second-order valence-corrected chi connectivity index (χ2v) is 9.81. The molecule has 2 heterocycles. The molecule has 0 fully saturated rings. The summed E-state index contributed by atoms with van der Waals surface area (Å²) in [6.07, 6.45) is 17.5. The van der Waals surface area contributed by atoms with Gasteiger partial charge in [-0.3, -0.25) is 0 Å². The van der Waals surface area contributed by atoms with Crippen LogP contribution >= 0.6 is 0 Å². The van der Waals surface area contributed by atoms with Crippen molar-refractivity contribution in [3.8, 4) is 0 Å². The number of ether oxygens (including phenoxy) is 1. The molecular formula is C25H48N8O. The molecule has 0 spiro atoms. The van der Waals surface area contributed by atoms with Crippen molar-refractivity contribution in [2.45, 2.75) is 135 Å². The highest BCUT2D eigenvalue weighted by atomic mass is 16.5. The van der Waals surface area contributed by atoms with Gasteiger partial charge in [-0.1, -0.05) is 79.1 Å². The van der Waals surface area contributed by atoms with Crippen LogP contribution in [0.2, 0.25) is 0 Å². The van der Waals surface area contributed by atoms with Gasteiger partial charge in [-0.2, -0.15) is 0 Å². The standard InChI is InChI=1S/C25H48N8O/c1-5-9-10-11-12-14-18-25(8-4,23-28-32-33-29-23)19-21-34-20-16-13-15-17-24(6-2,7-3)22-26-30-31-27-22/h5-21H2,1-4H3,(H,26,27,30,31)(H,28,29,32,33). The Morgan fingerprint density at radius 3 is 1.68 bits per heavy atom. The predicted octanol–water partition coefficient (Wildman–Crippen LogP) is 5.84. The number of H-pyrrole nitrogens is 2. The quantitative estimate of drug-likeness (QED) is 0.217. The third-order valence-corrected chi connectivity index (χ3v) is 7.90. The van der Waals surface area contributed by atoms with Crippen molar-refractivity contribution >= 4 is 0 Å². The third-order valence-electron chi connectivity index (χ3n) is 7.90. The fraction of sp³-hybridized carbons (Fsp3) is 0.920. The Morgan fingerprint density at radius 2 is 1.12 bits per heavy atom. The average Bonchev–Trinajstić information content (AvgIpc) is 3.60. The van der Waals surface area contributed by atoms with Crippen molar-refractivity contribution in [1.29, 1.82) is 0 Å². The molecule has 2 aromatic rings. The summed E-state index contributed by atoms with van der Waals surface area (Å²) in [5.74, 6) is 1.85. The smallest absolute Gasteiger partial charge is 0.154 e. The Morgan fingerprint density at radius 1 is 0.588 bits per heavy atom. The average molecular weight is 477 g/mol. The van der Waals surface area contributed by atoms with Gasteiger partial charge in [0.25, 0.3) is 0 Å². The van der Waals surface area contributed by atoms with E-state index in [2.05, 4.69) is 68.9 Å². The van der Waals surface area contributed by atoms with Crippen molar-refractivity contribution in [2.24, 2.45) is 0 Å². The molecular weight excluding hydrogens is 428 g/mol. The zero-order valence-corrected chi connectivity index (χ0v) is 22.1. The third kappa shape index (κ3) is 8.40. The van der Waals surface area contributed by atoms with Gasteiger partial charge in [0.15, 0.2) is 11.6 Å². The minimum atomic E-state index is -0.0127. The molecule has 2 aromatic heterocycles. The lowest BCUT2D eigenvalue weighted by atomic mass is 9.76. The molecule has 0 aliphatic carbocycles. The van der Waals surface area contributed by atoms with Gasteiger partial charge >= 0.3 is 0 Å². The van der Waals surface area contributed by atoms with Crippen LogP contribution in [0, 0.1) is 0 Å². The van der Waals surface area contributed by atoms with Gasteiger partial charge in [0.05, 0.1) is 0 Å². The molecule has 0 saturated carbocycles. The van der Waals surface area contributed by atoms with Crippen molar-refractivity contribution < 1.29 is 4.74 Å². The minimum Gasteiger partial charge on any atom is -0.381 e. The lowest BCUT2D eigenvalue weighted by Crippen LogP contribution is -2.29. The van der Waals surface area contributed by atoms with Crippen LogP contribution in [0.1, 0.15) is 136 Å². The molecule has 0 radical (unpaired) electrons. The molecule has 194 valence electrons. The molecule has 0 bridgehead atoms. The highest BCUT2D eigenvalue weighted by Gasteiger charge is 2.33. The Balaban J connectivity index is 1.70. The molecule has 1 unspecified atom stereocenters. The van der Waals surface area contributed by atoms with Crippen LogP contribution in [-0.2, 0) is 15.6 Å². The lowest BCUT2D eigenvalue weighted by molar-refractivity contribution is 0.103. The summed E-state index contributed by atoms with van der Waals surface area (Å²) in [7, 11) is 0. The molecule has 0 aliphatic rings. The van der Waals surface area contributed by atoms with Gasteiger partial charge in [0, 0.05) is 24.0 Å². The van der Waals surface area contributed by atoms with Crippen molar-refractivity contribution in [3.63, 3.8) is 0 Å². The number of aromatic nitrogens is 8. The molecule has 2 N–H and O–H groups in total. The number of unbranched alkanes of at least 4 members (excludes halogenated alkanes) is 7. The largest absolute Gasteiger partial charge is 0.381 e. The number of nitrogens with one attached hydrogen (secondary N) is 2. The molecule has 9 heteroatoms. The Kier molecular flexibility index (Phi) is 13.3. The van der Waals surface area contributed by atoms with E-state index in [0.717, 1.165) is 82.6 Å². The van der Waals surface area contributed by atoms with Gasteiger partial charge in [0.2, 0.25) is 0 Å². The van der Waals surface area contributed by atoms with Gasteiger partial charge in [0.1, 0.15) is 0 Å². The van der Waals surface area contributed by atoms with Gasteiger partial charge < -0.3 is 4.74 Å². The summed E-state index contributed by atoms with van der Waals surface area (Å²) in [5.41, 5.74) is 0.0496. The first-order valence-corrected chi connectivity index (χ1v) is 13.7. The first kappa shape index (κ1) is 28.3. The van der Waals surface area contributed by atoms with E-state index < -0.39 is 0 Å². The van der Waals surface area contributed by atoms with Crippen LogP contribution < -0.4 is 0 Å². The minimum absolute atomic E-state index is 0.0127. The Bertz CT molecular complexity index is 717. The second kappa shape index (κ2) is 15.9. The maximum Gasteiger partial charge on any atom is 0.154 e. The van der Waals surface area contributed by atoms with Crippen LogP contribution in [0.5, 0.6) is 0 Å². The van der Waals surface area contributed by atoms with E-state index in [1.165, 1.54) is 38.5 Å². The highest BCUT2D eigenvalue weighted by Crippen LogP contribution is 2.35. The molecule has 34 heavy (non-hydrogen) atoms. The maximum absolute atomic E-state index is 6.08. The monoisotopic (exact) mass is 476 g/mol. The number of hydrogen-bond donors (Lipinski definition) is 2. The normalized spacial score (nSPS) is 13.9. The number of hydrogen-bond acceptors (Lipinski definition) is 7. The summed E-state index contributed by atoms with van der Waals surface area (Å²) in [6.45, 7) is 10.5. The first-order chi connectivity index (χ1) is 16.7. The topological polar surface area (TPSA) is 118 Å². The van der Waals surface area contributed by atoms with Crippen LogP contribution in [0.25, 0.3) is 0 Å². The summed E-state index contributed by atoms with van der Waals surface area (Å²) >= 11 is 0. The number of rotatable bonds is 21. The van der Waals surface area contributed by atoms with Crippen LogP contribution in [-0.4, -0.2) is 54.5 Å². The SMILES string of the molecule is CCCCCCCCC(CC)(CCOCCCCCC(CC)(CC)c1nnn[nH]1)c1nnn[nH]1. The Hall–Kier alpha value is -1.90. The predicted molar refractivity (Wildman–Crippen MR) is 134 cm³/mol. The summed E-state index contributed by atoms with van der Waals surface area (Å²) in [4.78, 5) is 0. The van der Waals surface area contributed by atoms with E-state index in [0.29, 0.717) is 0 Å². The van der Waals surface area contributed by atoms with E-state index in [4.69, 9.17) is 4.74 Å². The van der Waals surface area contributed by atoms with Crippen molar-refractivity contribution in [3.05, 3.63) is 11.6 Å². The maximum atomic E-state index is 6.08. The second-order valence-electron chi connectivity index (χ2n) is 9.81. The molecule has 1 atom stereocenters. The van der Waals surface area contributed by atoms with Crippen molar-refractivity contribution in [1.82, 2.24) is 41.2 Å². The van der Waals surface area contributed by atoms with Crippen LogP contribution in [0.3, 0.4) is 0 Å². The molecule has 2 rings (SSSR count). The van der Waals surface area contributed by atoms with Crippen LogP contribution in [0.4, 0.5) is 0 Å². The highest BCUT2D eigenvalue weighted by molar-refractivity contribution is 5.05. The zero-order valence-electron chi connectivity index (χ0n) is 22.1. The zero-order chi connectivity index (χ0) is 24.5. The molecule has 9 nitrogen and oxygen atoms in total. The van der Waals surface area contributed by atoms with E-state index in [1.54, 1.807) is 0 Å². The van der Waals surface area contributed by atoms with E-state index in [1.807, 2.05) is 0 Å². The number of tetrazole rings is 2. The lowest BCUT2D eigenvalue weighted by Gasteiger charge is -2.30. The van der Waals surface area contributed by atoms with E-state index in [9.17, 15) is 0 Å². The molecule has 0 aromatic carbocycles. The summed E-state index contributed by atoms with van der Waals surface area (Å²) < 4.78 is 6.08. The van der Waals surface area contributed by atoms with Crippen molar-refractivity contribution in [2.75, 3.05) is 13.2 Å².